The molecule has 0 aliphatic carbocycles. The highest BCUT2D eigenvalue weighted by Crippen LogP contribution is 2.30. The lowest BCUT2D eigenvalue weighted by atomic mass is 10.0. The third kappa shape index (κ3) is 2.74. The molecule has 0 spiro atoms. The van der Waals surface area contributed by atoms with Gasteiger partial charge in [0, 0.05) is 18.2 Å². The second kappa shape index (κ2) is 5.36. The van der Waals surface area contributed by atoms with Crippen molar-refractivity contribution in [2.24, 2.45) is 5.73 Å². The fourth-order valence-electron chi connectivity index (χ4n) is 1.90. The van der Waals surface area contributed by atoms with E-state index in [0.29, 0.717) is 5.56 Å². The second-order valence-electron chi connectivity index (χ2n) is 4.38. The third-order valence-electron chi connectivity index (χ3n) is 2.98. The smallest absolute Gasteiger partial charge is 0.137 e. The van der Waals surface area contributed by atoms with Crippen molar-refractivity contribution < 1.29 is 13.5 Å². The summed E-state index contributed by atoms with van der Waals surface area (Å²) in [7, 11) is 1.37. The highest BCUT2D eigenvalue weighted by molar-refractivity contribution is 5.66. The first-order valence-corrected chi connectivity index (χ1v) is 5.92. The van der Waals surface area contributed by atoms with E-state index in [0.717, 1.165) is 17.7 Å². The average Bonchev–Trinajstić information content (AvgIpc) is 2.38. The van der Waals surface area contributed by atoms with Gasteiger partial charge in [0.15, 0.2) is 0 Å². The highest BCUT2D eigenvalue weighted by atomic mass is 19.1. The Kier molecular flexibility index (Phi) is 3.81. The zero-order valence-corrected chi connectivity index (χ0v) is 10.8. The molecule has 0 aliphatic rings. The summed E-state index contributed by atoms with van der Waals surface area (Å²) in [5.74, 6) is -1.14. The first kappa shape index (κ1) is 13.5. The standard InChI is InChI=1S/C15H15F2NO/c1-9(18)10-3-5-11(6-4-10)15-13(16)7-12(19-2)8-14(15)17/h3-9H,18H2,1-2H3. The Morgan fingerprint density at radius 1 is 1.05 bits per heavy atom. The summed E-state index contributed by atoms with van der Waals surface area (Å²) >= 11 is 0. The molecule has 2 nitrogen and oxygen atoms in total. The largest absolute Gasteiger partial charge is 0.497 e. The van der Waals surface area contributed by atoms with Gasteiger partial charge in [-0.25, -0.2) is 8.78 Å². The second-order valence-corrected chi connectivity index (χ2v) is 4.38. The molecule has 100 valence electrons. The molecule has 0 saturated carbocycles. The Bertz CT molecular complexity index is 556. The molecule has 2 rings (SSSR count). The van der Waals surface area contributed by atoms with E-state index in [1.54, 1.807) is 24.3 Å². The summed E-state index contributed by atoms with van der Waals surface area (Å²) in [4.78, 5) is 0. The maximum Gasteiger partial charge on any atom is 0.137 e. The lowest BCUT2D eigenvalue weighted by Gasteiger charge is -2.10. The first-order chi connectivity index (χ1) is 9.02. The summed E-state index contributed by atoms with van der Waals surface area (Å²) in [6.45, 7) is 1.85. The fourth-order valence-corrected chi connectivity index (χ4v) is 1.90. The van der Waals surface area contributed by atoms with Crippen molar-refractivity contribution in [1.82, 2.24) is 0 Å². The molecule has 19 heavy (non-hydrogen) atoms. The number of benzene rings is 2. The first-order valence-electron chi connectivity index (χ1n) is 5.92. The molecule has 0 saturated heterocycles. The molecule has 2 aromatic rings. The summed E-state index contributed by atoms with van der Waals surface area (Å²) in [5, 5.41) is 0. The summed E-state index contributed by atoms with van der Waals surface area (Å²) in [5.41, 5.74) is 7.07. The van der Waals surface area contributed by atoms with Gasteiger partial charge in [-0.1, -0.05) is 24.3 Å². The van der Waals surface area contributed by atoms with E-state index >= 15 is 0 Å². The van der Waals surface area contributed by atoms with Crippen molar-refractivity contribution in [2.75, 3.05) is 7.11 Å². The van der Waals surface area contributed by atoms with Crippen LogP contribution in [0.3, 0.4) is 0 Å². The number of methoxy groups -OCH3 is 1. The number of rotatable bonds is 3. The van der Waals surface area contributed by atoms with Crippen molar-refractivity contribution in [1.29, 1.82) is 0 Å². The van der Waals surface area contributed by atoms with Gasteiger partial charge in [0.05, 0.1) is 12.7 Å². The van der Waals surface area contributed by atoms with Crippen molar-refractivity contribution in [3.05, 3.63) is 53.6 Å². The van der Waals surface area contributed by atoms with Gasteiger partial charge >= 0.3 is 0 Å². The minimum absolute atomic E-state index is 0.0583. The Balaban J connectivity index is 2.47. The van der Waals surface area contributed by atoms with Gasteiger partial charge in [0.1, 0.15) is 17.4 Å². The van der Waals surface area contributed by atoms with Gasteiger partial charge in [-0.05, 0) is 18.1 Å². The van der Waals surface area contributed by atoms with Gasteiger partial charge in [-0.2, -0.15) is 0 Å². The van der Waals surface area contributed by atoms with E-state index in [1.807, 2.05) is 6.92 Å². The number of hydrogen-bond acceptors (Lipinski definition) is 2. The third-order valence-corrected chi connectivity index (χ3v) is 2.98. The van der Waals surface area contributed by atoms with Crippen LogP contribution in [0.4, 0.5) is 8.78 Å². The summed E-state index contributed by atoms with van der Waals surface area (Å²) in [6, 6.07) is 9.07. The van der Waals surface area contributed by atoms with Gasteiger partial charge < -0.3 is 10.5 Å². The molecule has 4 heteroatoms. The molecule has 0 amide bonds. The van der Waals surface area contributed by atoms with Gasteiger partial charge in [0.2, 0.25) is 0 Å². The van der Waals surface area contributed by atoms with E-state index < -0.39 is 11.6 Å². The molecular weight excluding hydrogens is 248 g/mol. The molecule has 2 N–H and O–H groups in total. The van der Waals surface area contributed by atoms with E-state index in [9.17, 15) is 8.78 Å². The molecule has 0 aromatic heterocycles. The molecular formula is C15H15F2NO. The van der Waals surface area contributed by atoms with Crippen LogP contribution < -0.4 is 10.5 Å². The number of hydrogen-bond donors (Lipinski definition) is 1. The molecule has 0 radical (unpaired) electrons. The zero-order chi connectivity index (χ0) is 14.0. The molecule has 1 atom stereocenters. The minimum Gasteiger partial charge on any atom is -0.497 e. The lowest BCUT2D eigenvalue weighted by Crippen LogP contribution is -2.04. The SMILES string of the molecule is COc1cc(F)c(-c2ccc(C(C)N)cc2)c(F)c1. The van der Waals surface area contributed by atoms with Crippen molar-refractivity contribution in [3.8, 4) is 16.9 Å². The van der Waals surface area contributed by atoms with E-state index in [1.165, 1.54) is 7.11 Å². The monoisotopic (exact) mass is 263 g/mol. The van der Waals surface area contributed by atoms with Gasteiger partial charge in [-0.15, -0.1) is 0 Å². The lowest BCUT2D eigenvalue weighted by molar-refractivity contribution is 0.407. The van der Waals surface area contributed by atoms with Crippen LogP contribution in [0.25, 0.3) is 11.1 Å². The number of halogens is 2. The predicted molar refractivity (Wildman–Crippen MR) is 70.9 cm³/mol. The number of ether oxygens (including phenoxy) is 1. The molecule has 0 aliphatic heterocycles. The van der Waals surface area contributed by atoms with Gasteiger partial charge in [0.25, 0.3) is 0 Å². The normalized spacial score (nSPS) is 12.3. The van der Waals surface area contributed by atoms with Crippen LogP contribution in [0.15, 0.2) is 36.4 Å². The molecule has 0 fully saturated rings. The molecule has 1 unspecified atom stereocenters. The van der Waals surface area contributed by atoms with Gasteiger partial charge in [-0.3, -0.25) is 0 Å². The maximum atomic E-state index is 13.9. The Labute approximate surface area is 110 Å². The summed E-state index contributed by atoms with van der Waals surface area (Å²) in [6.07, 6.45) is 0. The van der Waals surface area contributed by atoms with Crippen molar-refractivity contribution in [2.45, 2.75) is 13.0 Å². The van der Waals surface area contributed by atoms with Crippen LogP contribution in [-0.4, -0.2) is 7.11 Å². The molecule has 2 aromatic carbocycles. The Morgan fingerprint density at radius 3 is 2.00 bits per heavy atom. The zero-order valence-electron chi connectivity index (χ0n) is 10.8. The highest BCUT2D eigenvalue weighted by Gasteiger charge is 2.14. The van der Waals surface area contributed by atoms with Crippen LogP contribution in [0.1, 0.15) is 18.5 Å². The quantitative estimate of drug-likeness (QED) is 0.917. The Hall–Kier alpha value is -1.94. The summed E-state index contributed by atoms with van der Waals surface area (Å²) < 4.78 is 32.6. The number of nitrogens with two attached hydrogens (primary N) is 1. The minimum atomic E-state index is -0.648. The van der Waals surface area contributed by atoms with Crippen LogP contribution >= 0.6 is 0 Å². The van der Waals surface area contributed by atoms with Crippen LogP contribution in [0.5, 0.6) is 5.75 Å². The predicted octanol–water partition coefficient (Wildman–Crippen LogP) is 3.66. The van der Waals surface area contributed by atoms with Crippen LogP contribution in [0.2, 0.25) is 0 Å². The van der Waals surface area contributed by atoms with E-state index in [-0.39, 0.29) is 17.4 Å². The Morgan fingerprint density at radius 2 is 1.58 bits per heavy atom. The van der Waals surface area contributed by atoms with Crippen LogP contribution in [0, 0.1) is 11.6 Å². The maximum absolute atomic E-state index is 13.9. The van der Waals surface area contributed by atoms with Crippen molar-refractivity contribution >= 4 is 0 Å². The fraction of sp³-hybridized carbons (Fsp3) is 0.200. The molecule has 0 bridgehead atoms. The topological polar surface area (TPSA) is 35.2 Å². The van der Waals surface area contributed by atoms with E-state index in [2.05, 4.69) is 0 Å². The van der Waals surface area contributed by atoms with Crippen molar-refractivity contribution in [3.63, 3.8) is 0 Å². The average molecular weight is 263 g/mol. The molecule has 0 heterocycles. The van der Waals surface area contributed by atoms with E-state index in [4.69, 9.17) is 10.5 Å². The van der Waals surface area contributed by atoms with Crippen LogP contribution in [-0.2, 0) is 0 Å².